The molecule has 3 nitrogen and oxygen atoms in total. The molecule has 1 rings (SSSR count). The van der Waals surface area contributed by atoms with Crippen LogP contribution in [0.4, 0.5) is 0 Å². The summed E-state index contributed by atoms with van der Waals surface area (Å²) >= 11 is 3.98. The lowest BCUT2D eigenvalue weighted by Gasteiger charge is -2.07. The number of allylic oxidation sites excluding steroid dienone is 1. The molecule has 76 valence electrons. The molecule has 0 bridgehead atoms. The molecule has 4 heteroatoms. The molecule has 0 fully saturated rings. The van der Waals surface area contributed by atoms with Gasteiger partial charge >= 0.3 is 0 Å². The van der Waals surface area contributed by atoms with E-state index in [0.29, 0.717) is 0 Å². The molecule has 1 N–H and O–H groups in total. The van der Waals surface area contributed by atoms with Crippen LogP contribution in [-0.2, 0) is 4.84 Å². The molecule has 0 aromatic rings. The zero-order chi connectivity index (χ0) is 9.52. The number of nitrogens with one attached hydrogen (secondary N) is 1. The summed E-state index contributed by atoms with van der Waals surface area (Å²) in [6, 6.07) is 0. The first-order valence-electron chi connectivity index (χ1n) is 4.95. The summed E-state index contributed by atoms with van der Waals surface area (Å²) in [5.41, 5.74) is 2.83. The lowest BCUT2D eigenvalue weighted by molar-refractivity contribution is -0.0276. The predicted octanol–water partition coefficient (Wildman–Crippen LogP) is 2.78. The minimum Gasteiger partial charge on any atom is -0.379 e. The van der Waals surface area contributed by atoms with E-state index in [-0.39, 0.29) is 0 Å². The first-order valence-corrected chi connectivity index (χ1v) is 5.35. The van der Waals surface area contributed by atoms with E-state index in [0.717, 1.165) is 12.2 Å². The van der Waals surface area contributed by atoms with Crippen molar-refractivity contribution >= 4 is 12.8 Å². The molecule has 0 saturated carbocycles. The Morgan fingerprint density at radius 2 is 2.15 bits per heavy atom. The molecule has 0 aromatic carbocycles. The van der Waals surface area contributed by atoms with Crippen molar-refractivity contribution < 1.29 is 4.84 Å². The Bertz CT molecular complexity index is 173. The van der Waals surface area contributed by atoms with E-state index in [1.54, 1.807) is 0 Å². The van der Waals surface area contributed by atoms with Crippen molar-refractivity contribution in [3.8, 4) is 0 Å². The van der Waals surface area contributed by atoms with Gasteiger partial charge in [-0.2, -0.15) is 0 Å². The summed E-state index contributed by atoms with van der Waals surface area (Å²) in [6.45, 7) is 2.23. The molecule has 0 aliphatic carbocycles. The van der Waals surface area contributed by atoms with Crippen LogP contribution in [-0.4, -0.2) is 4.58 Å². The summed E-state index contributed by atoms with van der Waals surface area (Å²) in [5.74, 6) is 0.978. The monoisotopic (exact) mass is 202 g/mol. The molecule has 0 atom stereocenters. The van der Waals surface area contributed by atoms with Gasteiger partial charge in [0.2, 0.25) is 0 Å². The summed E-state index contributed by atoms with van der Waals surface area (Å²) in [4.78, 5) is 5.22. The van der Waals surface area contributed by atoms with Crippen molar-refractivity contribution in [2.24, 2.45) is 0 Å². The van der Waals surface area contributed by atoms with Crippen molar-refractivity contribution in [3.05, 3.63) is 12.0 Å². The highest BCUT2D eigenvalue weighted by molar-refractivity contribution is 7.77. The fraction of sp³-hybridized carbons (Fsp3) is 0.778. The Morgan fingerprint density at radius 3 is 2.77 bits per heavy atom. The molecular formula is C9H18N2OS. The number of hydrogen-bond donors (Lipinski definition) is 2. The highest BCUT2D eigenvalue weighted by atomic mass is 32.1. The number of nitrogens with zero attached hydrogens (tertiary/aromatic N) is 1. The topological polar surface area (TPSA) is 24.5 Å². The Hall–Kier alpha value is -0.350. The van der Waals surface area contributed by atoms with Crippen LogP contribution >= 0.6 is 12.8 Å². The third-order valence-electron chi connectivity index (χ3n) is 2.07. The highest BCUT2D eigenvalue weighted by Crippen LogP contribution is 2.16. The van der Waals surface area contributed by atoms with E-state index in [2.05, 4.69) is 25.2 Å². The standard InChI is InChI=1S/C9H18N2OS/c1-2-3-4-5-6-7-9-8-10-11(13)12-9/h8,10,13H,2-7H2,1H3. The van der Waals surface area contributed by atoms with Crippen LogP contribution in [0.3, 0.4) is 0 Å². The van der Waals surface area contributed by atoms with Crippen LogP contribution in [0.25, 0.3) is 0 Å². The highest BCUT2D eigenvalue weighted by Gasteiger charge is 2.10. The molecule has 0 amide bonds. The minimum atomic E-state index is 0.978. The van der Waals surface area contributed by atoms with Gasteiger partial charge in [-0.3, -0.25) is 5.43 Å². The molecule has 0 aromatic heterocycles. The van der Waals surface area contributed by atoms with Crippen LogP contribution in [0, 0.1) is 0 Å². The van der Waals surface area contributed by atoms with Gasteiger partial charge in [-0.25, -0.2) is 0 Å². The fourth-order valence-electron chi connectivity index (χ4n) is 1.31. The first-order chi connectivity index (χ1) is 6.33. The molecule has 0 spiro atoms. The van der Waals surface area contributed by atoms with Gasteiger partial charge in [0.05, 0.1) is 6.20 Å². The molecule has 13 heavy (non-hydrogen) atoms. The van der Waals surface area contributed by atoms with E-state index in [1.807, 2.05) is 6.20 Å². The molecule has 0 saturated heterocycles. The maximum absolute atomic E-state index is 5.22. The average Bonchev–Trinajstić information content (AvgIpc) is 2.51. The van der Waals surface area contributed by atoms with Gasteiger partial charge in [-0.1, -0.05) is 32.6 Å². The predicted molar refractivity (Wildman–Crippen MR) is 56.5 cm³/mol. The molecule has 0 radical (unpaired) electrons. The van der Waals surface area contributed by atoms with Gasteiger partial charge in [0, 0.05) is 11.0 Å². The second-order valence-corrected chi connectivity index (χ2v) is 3.63. The third-order valence-corrected chi connectivity index (χ3v) is 2.26. The smallest absolute Gasteiger partial charge is 0.145 e. The normalized spacial score (nSPS) is 16.6. The molecule has 1 heterocycles. The Balaban J connectivity index is 1.94. The zero-order valence-corrected chi connectivity index (χ0v) is 9.02. The van der Waals surface area contributed by atoms with Gasteiger partial charge in [0.1, 0.15) is 5.76 Å². The number of rotatable bonds is 6. The van der Waals surface area contributed by atoms with Gasteiger partial charge in [-0.15, -0.1) is 0 Å². The van der Waals surface area contributed by atoms with E-state index in [1.165, 1.54) is 36.7 Å². The number of unbranched alkanes of at least 4 members (excludes halogenated alkanes) is 4. The van der Waals surface area contributed by atoms with E-state index in [9.17, 15) is 0 Å². The van der Waals surface area contributed by atoms with Gasteiger partial charge in [0.15, 0.2) is 0 Å². The summed E-state index contributed by atoms with van der Waals surface area (Å²) in [5, 5.41) is 0. The van der Waals surface area contributed by atoms with Crippen molar-refractivity contribution in [1.29, 1.82) is 0 Å². The number of thiol groups is 1. The Morgan fingerprint density at radius 1 is 1.38 bits per heavy atom. The van der Waals surface area contributed by atoms with Crippen LogP contribution < -0.4 is 5.43 Å². The van der Waals surface area contributed by atoms with Crippen molar-refractivity contribution in [2.75, 3.05) is 0 Å². The number of hydrazine groups is 1. The molecular weight excluding hydrogens is 184 g/mol. The SMILES string of the molecule is CCCCCCCC1=CNN(S)O1. The third kappa shape index (κ3) is 4.43. The fourth-order valence-corrected chi connectivity index (χ4v) is 1.47. The van der Waals surface area contributed by atoms with Crippen molar-refractivity contribution in [3.63, 3.8) is 0 Å². The van der Waals surface area contributed by atoms with Gasteiger partial charge in [0.25, 0.3) is 0 Å². The van der Waals surface area contributed by atoms with Crippen LogP contribution in [0.2, 0.25) is 0 Å². The molecule has 0 unspecified atom stereocenters. The van der Waals surface area contributed by atoms with Crippen LogP contribution in [0.5, 0.6) is 0 Å². The van der Waals surface area contributed by atoms with Crippen LogP contribution in [0.15, 0.2) is 12.0 Å². The first kappa shape index (κ1) is 10.7. The number of hydrogen-bond acceptors (Lipinski definition) is 4. The summed E-state index contributed by atoms with van der Waals surface area (Å²) in [6.07, 6.45) is 9.33. The van der Waals surface area contributed by atoms with Crippen molar-refractivity contribution in [1.82, 2.24) is 10.0 Å². The van der Waals surface area contributed by atoms with Crippen molar-refractivity contribution in [2.45, 2.75) is 45.4 Å². The van der Waals surface area contributed by atoms with E-state index < -0.39 is 0 Å². The van der Waals surface area contributed by atoms with Gasteiger partial charge < -0.3 is 4.84 Å². The maximum atomic E-state index is 5.22. The Kier molecular flexibility index (Phi) is 5.08. The second-order valence-electron chi connectivity index (χ2n) is 3.27. The van der Waals surface area contributed by atoms with Crippen LogP contribution in [0.1, 0.15) is 45.4 Å². The minimum absolute atomic E-state index is 0.978. The Labute approximate surface area is 85.6 Å². The average molecular weight is 202 g/mol. The largest absolute Gasteiger partial charge is 0.379 e. The molecule has 1 aliphatic rings. The quantitative estimate of drug-likeness (QED) is 0.511. The second kappa shape index (κ2) is 6.16. The lowest BCUT2D eigenvalue weighted by Crippen LogP contribution is -2.16. The molecule has 1 aliphatic heterocycles. The summed E-state index contributed by atoms with van der Waals surface area (Å²) < 4.78 is 1.32. The lowest BCUT2D eigenvalue weighted by atomic mass is 10.1. The zero-order valence-electron chi connectivity index (χ0n) is 8.12. The van der Waals surface area contributed by atoms with E-state index in [4.69, 9.17) is 4.84 Å². The summed E-state index contributed by atoms with van der Waals surface area (Å²) in [7, 11) is 0. The maximum Gasteiger partial charge on any atom is 0.145 e. The van der Waals surface area contributed by atoms with Gasteiger partial charge in [-0.05, 0) is 19.2 Å². The van der Waals surface area contributed by atoms with E-state index >= 15 is 0 Å².